The number of carbonyl (C=O) groups is 4. The molecule has 9 nitrogen and oxygen atoms in total. The van der Waals surface area contributed by atoms with Gasteiger partial charge >= 0.3 is 5.97 Å². The molecule has 0 saturated carbocycles. The zero-order chi connectivity index (χ0) is 20.8. The lowest BCUT2D eigenvalue weighted by Crippen LogP contribution is -2.48. The molecular formula is C19H34N4O5. The van der Waals surface area contributed by atoms with Crippen molar-refractivity contribution in [2.45, 2.75) is 64.3 Å². The van der Waals surface area contributed by atoms with E-state index in [1.165, 1.54) is 0 Å². The summed E-state index contributed by atoms with van der Waals surface area (Å²) in [7, 11) is 0. The maximum atomic E-state index is 11.8. The lowest BCUT2D eigenvalue weighted by atomic mass is 9.93. The molecule has 3 amide bonds. The molecule has 0 unspecified atom stereocenters. The van der Waals surface area contributed by atoms with Gasteiger partial charge in [0.2, 0.25) is 17.7 Å². The third kappa shape index (κ3) is 10.9. The summed E-state index contributed by atoms with van der Waals surface area (Å²) in [4.78, 5) is 46.5. The number of hydrogen-bond donors (Lipinski definition) is 5. The van der Waals surface area contributed by atoms with Gasteiger partial charge in [-0.2, -0.15) is 0 Å². The molecule has 9 heteroatoms. The quantitative estimate of drug-likeness (QED) is 0.299. The fourth-order valence-electron chi connectivity index (χ4n) is 3.02. The second-order valence-corrected chi connectivity index (χ2v) is 7.20. The van der Waals surface area contributed by atoms with Crippen LogP contribution in [0.25, 0.3) is 0 Å². The number of amides is 3. The van der Waals surface area contributed by atoms with Gasteiger partial charge < -0.3 is 26.4 Å². The Morgan fingerprint density at radius 1 is 1.00 bits per heavy atom. The van der Waals surface area contributed by atoms with Crippen LogP contribution in [0.1, 0.15) is 58.3 Å². The molecule has 28 heavy (non-hydrogen) atoms. The first-order chi connectivity index (χ1) is 13.4. The number of unbranched alkanes of at least 4 members (excludes halogenated alkanes) is 1. The summed E-state index contributed by atoms with van der Waals surface area (Å²) >= 11 is 0. The molecule has 1 heterocycles. The minimum atomic E-state index is -1.20. The predicted octanol–water partition coefficient (Wildman–Crippen LogP) is 0.148. The zero-order valence-electron chi connectivity index (χ0n) is 16.7. The Labute approximate surface area is 166 Å². The summed E-state index contributed by atoms with van der Waals surface area (Å²) in [5, 5.41) is 20.0. The van der Waals surface area contributed by atoms with E-state index in [0.717, 1.165) is 38.8 Å². The molecule has 5 N–H and O–H groups in total. The lowest BCUT2D eigenvalue weighted by molar-refractivity contribution is -0.141. The molecule has 0 aromatic rings. The molecule has 0 spiro atoms. The Morgan fingerprint density at radius 2 is 1.68 bits per heavy atom. The predicted molar refractivity (Wildman–Crippen MR) is 105 cm³/mol. The van der Waals surface area contributed by atoms with Crippen molar-refractivity contribution in [2.24, 2.45) is 5.92 Å². The van der Waals surface area contributed by atoms with E-state index < -0.39 is 12.0 Å². The van der Waals surface area contributed by atoms with Crippen LogP contribution in [0.3, 0.4) is 0 Å². The lowest BCUT2D eigenvalue weighted by Gasteiger charge is -2.22. The van der Waals surface area contributed by atoms with Gasteiger partial charge in [-0.05, 0) is 44.7 Å². The molecule has 1 saturated heterocycles. The highest BCUT2D eigenvalue weighted by Crippen LogP contribution is 2.17. The SMILES string of the molecule is CCCCC(=O)N[C@@H](CNC(=O)CCNC(=O)CCC1CCNCC1)C(=O)O. The maximum Gasteiger partial charge on any atom is 0.328 e. The topological polar surface area (TPSA) is 137 Å². The van der Waals surface area contributed by atoms with Gasteiger partial charge in [0.1, 0.15) is 6.04 Å². The first-order valence-electron chi connectivity index (χ1n) is 10.2. The number of aliphatic carboxylic acids is 1. The van der Waals surface area contributed by atoms with Crippen molar-refractivity contribution in [2.75, 3.05) is 26.2 Å². The van der Waals surface area contributed by atoms with E-state index in [2.05, 4.69) is 21.3 Å². The van der Waals surface area contributed by atoms with Crippen molar-refractivity contribution in [1.82, 2.24) is 21.3 Å². The Kier molecular flexibility index (Phi) is 11.9. The van der Waals surface area contributed by atoms with Crippen molar-refractivity contribution < 1.29 is 24.3 Å². The summed E-state index contributed by atoms with van der Waals surface area (Å²) < 4.78 is 0. The highest BCUT2D eigenvalue weighted by Gasteiger charge is 2.20. The van der Waals surface area contributed by atoms with Gasteiger partial charge in [-0.3, -0.25) is 14.4 Å². The Balaban J connectivity index is 2.17. The molecule has 1 aliphatic rings. The summed E-state index contributed by atoms with van der Waals surface area (Å²) in [6.07, 6.45) is 5.35. The first kappa shape index (κ1) is 23.9. The molecule has 1 fully saturated rings. The van der Waals surface area contributed by atoms with Crippen molar-refractivity contribution in [1.29, 1.82) is 0 Å². The van der Waals surface area contributed by atoms with E-state index in [4.69, 9.17) is 5.11 Å². The van der Waals surface area contributed by atoms with Gasteiger partial charge in [0.05, 0.1) is 0 Å². The minimum Gasteiger partial charge on any atom is -0.480 e. The van der Waals surface area contributed by atoms with Gasteiger partial charge in [-0.25, -0.2) is 4.79 Å². The van der Waals surface area contributed by atoms with E-state index in [-0.39, 0.29) is 43.7 Å². The monoisotopic (exact) mass is 398 g/mol. The van der Waals surface area contributed by atoms with Crippen LogP contribution in [-0.2, 0) is 19.2 Å². The standard InChI is InChI=1S/C19H34N4O5/c1-2-3-4-18(26)23-15(19(27)28)13-22-17(25)9-12-21-16(24)6-5-14-7-10-20-11-8-14/h14-15,20H,2-13H2,1H3,(H,21,24)(H,22,25)(H,23,26)(H,27,28)/t15-/m0/s1. The molecule has 1 aliphatic heterocycles. The van der Waals surface area contributed by atoms with Crippen LogP contribution in [0, 0.1) is 5.92 Å². The highest BCUT2D eigenvalue weighted by atomic mass is 16.4. The fraction of sp³-hybridized carbons (Fsp3) is 0.789. The second kappa shape index (κ2) is 13.9. The molecule has 0 aliphatic carbocycles. The summed E-state index contributed by atoms with van der Waals surface area (Å²) in [5.74, 6) is -1.40. The van der Waals surface area contributed by atoms with Gasteiger partial charge in [-0.15, -0.1) is 0 Å². The van der Waals surface area contributed by atoms with Crippen LogP contribution < -0.4 is 21.3 Å². The number of carbonyl (C=O) groups excluding carboxylic acids is 3. The average molecular weight is 399 g/mol. The van der Waals surface area contributed by atoms with Crippen molar-refractivity contribution >= 4 is 23.7 Å². The van der Waals surface area contributed by atoms with Crippen LogP contribution in [0.2, 0.25) is 0 Å². The van der Waals surface area contributed by atoms with E-state index in [9.17, 15) is 19.2 Å². The first-order valence-corrected chi connectivity index (χ1v) is 10.2. The average Bonchev–Trinajstić information content (AvgIpc) is 2.68. The van der Waals surface area contributed by atoms with Crippen LogP contribution in [-0.4, -0.2) is 61.0 Å². The third-order valence-corrected chi connectivity index (χ3v) is 4.81. The smallest absolute Gasteiger partial charge is 0.328 e. The molecule has 160 valence electrons. The largest absolute Gasteiger partial charge is 0.480 e. The van der Waals surface area contributed by atoms with Gasteiger partial charge in [-0.1, -0.05) is 13.3 Å². The third-order valence-electron chi connectivity index (χ3n) is 4.81. The summed E-state index contributed by atoms with van der Waals surface area (Å²) in [5.41, 5.74) is 0. The maximum absolute atomic E-state index is 11.8. The van der Waals surface area contributed by atoms with E-state index >= 15 is 0 Å². The van der Waals surface area contributed by atoms with Gasteiger partial charge in [0.25, 0.3) is 0 Å². The number of carboxylic acid groups (broad SMARTS) is 1. The Hall–Kier alpha value is -2.16. The number of hydrogen-bond acceptors (Lipinski definition) is 5. The van der Waals surface area contributed by atoms with E-state index in [1.807, 2.05) is 6.92 Å². The number of piperidine rings is 1. The van der Waals surface area contributed by atoms with Crippen LogP contribution in [0.5, 0.6) is 0 Å². The fourth-order valence-corrected chi connectivity index (χ4v) is 3.02. The number of nitrogens with one attached hydrogen (secondary N) is 4. The van der Waals surface area contributed by atoms with Crippen molar-refractivity contribution in [3.8, 4) is 0 Å². The number of carboxylic acids is 1. The van der Waals surface area contributed by atoms with Crippen LogP contribution in [0.4, 0.5) is 0 Å². The molecule has 0 aromatic heterocycles. The zero-order valence-corrected chi connectivity index (χ0v) is 16.7. The molecule has 1 atom stereocenters. The van der Waals surface area contributed by atoms with Crippen molar-refractivity contribution in [3.05, 3.63) is 0 Å². The highest BCUT2D eigenvalue weighted by molar-refractivity contribution is 5.84. The van der Waals surface area contributed by atoms with Crippen LogP contribution in [0.15, 0.2) is 0 Å². The van der Waals surface area contributed by atoms with Gasteiger partial charge in [0, 0.05) is 32.4 Å². The van der Waals surface area contributed by atoms with E-state index in [0.29, 0.717) is 18.8 Å². The Morgan fingerprint density at radius 3 is 2.32 bits per heavy atom. The summed E-state index contributed by atoms with van der Waals surface area (Å²) in [6, 6.07) is -1.16. The molecule has 0 aromatic carbocycles. The number of rotatable bonds is 13. The molecular weight excluding hydrogens is 364 g/mol. The molecule has 1 rings (SSSR count). The summed E-state index contributed by atoms with van der Waals surface area (Å²) in [6.45, 7) is 3.97. The normalized spacial score (nSPS) is 15.5. The van der Waals surface area contributed by atoms with Gasteiger partial charge in [0.15, 0.2) is 0 Å². The molecule has 0 bridgehead atoms. The Bertz CT molecular complexity index is 520. The van der Waals surface area contributed by atoms with Crippen molar-refractivity contribution in [3.63, 3.8) is 0 Å². The van der Waals surface area contributed by atoms with Crippen LogP contribution >= 0.6 is 0 Å². The second-order valence-electron chi connectivity index (χ2n) is 7.20. The van der Waals surface area contributed by atoms with E-state index in [1.54, 1.807) is 0 Å². The molecule has 0 radical (unpaired) electrons. The minimum absolute atomic E-state index is 0.0647.